The normalized spacial score (nSPS) is 12.2. The average Bonchev–Trinajstić information content (AvgIpc) is 3.82. The van der Waals surface area contributed by atoms with Crippen LogP contribution in [-0.2, 0) is 0 Å². The van der Waals surface area contributed by atoms with Gasteiger partial charge in [-0.3, -0.25) is 0 Å². The third-order valence-corrected chi connectivity index (χ3v) is 9.02. The predicted octanol–water partition coefficient (Wildman–Crippen LogP) is 9.94. The lowest BCUT2D eigenvalue weighted by atomic mass is 9.89. The summed E-state index contributed by atoms with van der Waals surface area (Å²) in [6.45, 7) is 0. The van der Waals surface area contributed by atoms with Gasteiger partial charge in [0.1, 0.15) is 22.8 Å². The lowest BCUT2D eigenvalue weighted by Gasteiger charge is -2.20. The Labute approximate surface area is 289 Å². The van der Waals surface area contributed by atoms with Crippen LogP contribution in [0.15, 0.2) is 170 Å². The summed E-state index contributed by atoms with van der Waals surface area (Å²) >= 11 is 0. The molecule has 9 rings (SSSR count). The Kier molecular flexibility index (Phi) is 7.37. The summed E-state index contributed by atoms with van der Waals surface area (Å²) in [5.74, 6) is 0. The van der Waals surface area contributed by atoms with Crippen molar-refractivity contribution in [1.82, 2.24) is 30.0 Å². The van der Waals surface area contributed by atoms with Crippen LogP contribution in [0.25, 0.3) is 68.6 Å². The van der Waals surface area contributed by atoms with Crippen LogP contribution in [0.4, 0.5) is 0 Å². The van der Waals surface area contributed by atoms with Gasteiger partial charge >= 0.3 is 0 Å². The van der Waals surface area contributed by atoms with Gasteiger partial charge in [0.2, 0.25) is 0 Å². The Bertz CT molecular complexity index is 2330. The molecule has 0 saturated heterocycles. The highest BCUT2D eigenvalue weighted by Crippen LogP contribution is 2.47. The van der Waals surface area contributed by atoms with Crippen molar-refractivity contribution >= 4 is 23.5 Å². The molecule has 0 aliphatic heterocycles. The molecule has 6 aromatic carbocycles. The predicted molar refractivity (Wildman–Crippen MR) is 201 cm³/mol. The Balaban J connectivity index is 1.33. The van der Waals surface area contributed by atoms with Crippen molar-refractivity contribution in [2.45, 2.75) is 0 Å². The van der Waals surface area contributed by atoms with Gasteiger partial charge in [-0.2, -0.15) is 0 Å². The zero-order chi connectivity index (χ0) is 33.3. The van der Waals surface area contributed by atoms with Gasteiger partial charge in [0.15, 0.2) is 0 Å². The standard InChI is InChI=1S/C44H30N6/c1-5-17-31(18-6-1)29-39(33-21-9-3-10-22-33)49-43-37-27-15-13-25-35(37)42-44(38-28-16-14-26-36(38)41(43)45-47-49)50(48-46-42)40(34-23-11-4-12-24-34)30-32-19-7-2-8-20-32/h1-30H/b39-29-,40-30-,41-36?,42-35?,43-37?,44-38?. The molecule has 0 bridgehead atoms. The molecule has 2 heterocycles. The van der Waals surface area contributed by atoms with Crippen molar-refractivity contribution in [2.75, 3.05) is 0 Å². The van der Waals surface area contributed by atoms with Crippen LogP contribution in [0.5, 0.6) is 0 Å². The summed E-state index contributed by atoms with van der Waals surface area (Å²) in [5.41, 5.74) is 13.2. The van der Waals surface area contributed by atoms with Crippen LogP contribution in [-0.4, -0.2) is 30.0 Å². The van der Waals surface area contributed by atoms with Gasteiger partial charge in [0.25, 0.3) is 0 Å². The van der Waals surface area contributed by atoms with E-state index in [1.807, 2.05) is 57.9 Å². The van der Waals surface area contributed by atoms with Crippen molar-refractivity contribution in [1.29, 1.82) is 0 Å². The lowest BCUT2D eigenvalue weighted by molar-refractivity contribution is 0.825. The lowest BCUT2D eigenvalue weighted by Crippen LogP contribution is -2.07. The molecular formula is C44H30N6. The Hall–Kier alpha value is -6.92. The summed E-state index contributed by atoms with van der Waals surface area (Å²) in [7, 11) is 0. The maximum absolute atomic E-state index is 4.95. The number of hydrogen-bond acceptors (Lipinski definition) is 4. The van der Waals surface area contributed by atoms with Gasteiger partial charge in [-0.05, 0) is 23.3 Å². The average molecular weight is 643 g/mol. The molecule has 0 amide bonds. The Morgan fingerprint density at radius 2 is 0.680 bits per heavy atom. The fraction of sp³-hybridized carbons (Fsp3) is 0. The van der Waals surface area contributed by atoms with Gasteiger partial charge in [0.05, 0.1) is 11.4 Å². The second-order valence-electron chi connectivity index (χ2n) is 12.1. The van der Waals surface area contributed by atoms with Gasteiger partial charge in [-0.15, -0.1) is 10.2 Å². The quantitative estimate of drug-likeness (QED) is 0.169. The van der Waals surface area contributed by atoms with Crippen LogP contribution in [0, 0.1) is 0 Å². The van der Waals surface area contributed by atoms with Gasteiger partial charge in [0, 0.05) is 33.4 Å². The van der Waals surface area contributed by atoms with Gasteiger partial charge in [-0.25, -0.2) is 9.36 Å². The van der Waals surface area contributed by atoms with E-state index in [0.29, 0.717) is 0 Å². The number of nitrogens with zero attached hydrogens (tertiary/aromatic N) is 6. The highest BCUT2D eigenvalue weighted by atomic mass is 15.4. The maximum Gasteiger partial charge on any atom is 0.122 e. The van der Waals surface area contributed by atoms with E-state index in [9.17, 15) is 0 Å². The first-order valence-electron chi connectivity index (χ1n) is 16.6. The fourth-order valence-corrected chi connectivity index (χ4v) is 6.70. The topological polar surface area (TPSA) is 61.4 Å². The van der Waals surface area contributed by atoms with E-state index >= 15 is 0 Å². The minimum Gasteiger partial charge on any atom is -0.212 e. The highest BCUT2D eigenvalue weighted by molar-refractivity contribution is 6.01. The second-order valence-corrected chi connectivity index (χ2v) is 12.1. The molecule has 236 valence electrons. The molecular weight excluding hydrogens is 613 g/mol. The summed E-state index contributed by atoms with van der Waals surface area (Å²) in [6, 6.07) is 58.1. The minimum atomic E-state index is 0.787. The molecule has 0 radical (unpaired) electrons. The monoisotopic (exact) mass is 642 g/mol. The second kappa shape index (κ2) is 12.6. The van der Waals surface area contributed by atoms with E-state index in [4.69, 9.17) is 20.6 Å². The smallest absolute Gasteiger partial charge is 0.122 e. The molecule has 0 N–H and O–H groups in total. The Morgan fingerprint density at radius 3 is 1.06 bits per heavy atom. The molecule has 0 fully saturated rings. The third kappa shape index (κ3) is 5.16. The SMILES string of the molecule is C(=C(\c1ccccc1)n1nnc2c1-c1ccccc1-c1nnn(/C(=C\c3ccccc3)c3ccccc3)c1-c1ccccc1-2)/c1ccccc1. The number of aromatic nitrogens is 6. The summed E-state index contributed by atoms with van der Waals surface area (Å²) in [5, 5.41) is 19.7. The zero-order valence-corrected chi connectivity index (χ0v) is 27.0. The molecule has 1 aliphatic rings. The van der Waals surface area contributed by atoms with E-state index in [2.05, 4.69) is 133 Å². The van der Waals surface area contributed by atoms with Crippen LogP contribution in [0.1, 0.15) is 22.3 Å². The number of benzene rings is 6. The molecule has 0 unspecified atom stereocenters. The van der Waals surface area contributed by atoms with Crippen LogP contribution in [0.3, 0.4) is 0 Å². The van der Waals surface area contributed by atoms with E-state index in [1.54, 1.807) is 0 Å². The van der Waals surface area contributed by atoms with Crippen molar-refractivity contribution in [3.63, 3.8) is 0 Å². The van der Waals surface area contributed by atoms with Crippen molar-refractivity contribution < 1.29 is 0 Å². The molecule has 1 aliphatic carbocycles. The summed E-state index contributed by atoms with van der Waals surface area (Å²) < 4.78 is 3.96. The first-order valence-corrected chi connectivity index (χ1v) is 16.6. The summed E-state index contributed by atoms with van der Waals surface area (Å²) in [6.07, 6.45) is 4.33. The van der Waals surface area contributed by atoms with E-state index in [0.717, 1.165) is 78.7 Å². The largest absolute Gasteiger partial charge is 0.212 e. The van der Waals surface area contributed by atoms with Crippen LogP contribution < -0.4 is 0 Å². The van der Waals surface area contributed by atoms with Crippen LogP contribution >= 0.6 is 0 Å². The molecule has 6 nitrogen and oxygen atoms in total. The van der Waals surface area contributed by atoms with Crippen LogP contribution in [0.2, 0.25) is 0 Å². The molecule has 8 aromatic rings. The first-order chi connectivity index (χ1) is 24.8. The van der Waals surface area contributed by atoms with E-state index in [-0.39, 0.29) is 0 Å². The third-order valence-electron chi connectivity index (χ3n) is 9.02. The van der Waals surface area contributed by atoms with E-state index in [1.165, 1.54) is 0 Å². The Morgan fingerprint density at radius 1 is 0.360 bits per heavy atom. The molecule has 0 atom stereocenters. The summed E-state index contributed by atoms with van der Waals surface area (Å²) in [4.78, 5) is 0. The highest BCUT2D eigenvalue weighted by Gasteiger charge is 2.31. The molecule has 2 aromatic heterocycles. The first kappa shape index (κ1) is 29.2. The van der Waals surface area contributed by atoms with Crippen molar-refractivity contribution in [3.8, 4) is 45.0 Å². The van der Waals surface area contributed by atoms with E-state index < -0.39 is 0 Å². The molecule has 6 heteroatoms. The number of rotatable bonds is 6. The van der Waals surface area contributed by atoms with Gasteiger partial charge in [-0.1, -0.05) is 180 Å². The number of fused-ring (bicyclic) bond motifs is 8. The minimum absolute atomic E-state index is 0.787. The number of hydrogen-bond donors (Lipinski definition) is 0. The fourth-order valence-electron chi connectivity index (χ4n) is 6.70. The molecule has 0 spiro atoms. The molecule has 0 saturated carbocycles. The zero-order valence-electron chi connectivity index (χ0n) is 27.0. The van der Waals surface area contributed by atoms with Crippen molar-refractivity contribution in [3.05, 3.63) is 192 Å². The maximum atomic E-state index is 4.95. The molecule has 50 heavy (non-hydrogen) atoms. The van der Waals surface area contributed by atoms with Gasteiger partial charge < -0.3 is 0 Å². The van der Waals surface area contributed by atoms with Crippen molar-refractivity contribution in [2.24, 2.45) is 0 Å².